The van der Waals surface area contributed by atoms with Crippen molar-refractivity contribution >= 4 is 27.7 Å². The van der Waals surface area contributed by atoms with E-state index < -0.39 is 5.91 Å². The molecule has 6 heteroatoms. The minimum Gasteiger partial charge on any atom is -0.483 e. The first kappa shape index (κ1) is 20.0. The van der Waals surface area contributed by atoms with E-state index in [2.05, 4.69) is 47.6 Å². The largest absolute Gasteiger partial charge is 0.483 e. The fraction of sp³-hybridized carbons (Fsp3) is 0.300. The molecule has 0 aliphatic carbocycles. The number of aryl methyl sites for hydroxylation is 1. The van der Waals surface area contributed by atoms with E-state index in [-0.39, 0.29) is 17.9 Å². The Kier molecular flexibility index (Phi) is 6.42. The fourth-order valence-corrected chi connectivity index (χ4v) is 2.74. The number of benzene rings is 2. The molecule has 138 valence electrons. The third-order valence-electron chi connectivity index (χ3n) is 3.70. The van der Waals surface area contributed by atoms with Crippen LogP contribution in [0.15, 0.2) is 46.9 Å². The summed E-state index contributed by atoms with van der Waals surface area (Å²) in [5.41, 5.74) is 7.07. The summed E-state index contributed by atoms with van der Waals surface area (Å²) in [4.78, 5) is 24.0. The molecule has 0 saturated heterocycles. The third-order valence-corrected chi connectivity index (χ3v) is 4.20. The molecule has 0 heterocycles. The van der Waals surface area contributed by atoms with Crippen LogP contribution < -0.4 is 15.6 Å². The zero-order chi connectivity index (χ0) is 19.3. The van der Waals surface area contributed by atoms with Crippen LogP contribution in [-0.4, -0.2) is 18.4 Å². The standard InChI is InChI=1S/C20H23BrN2O3/c1-13-6-5-7-14(10-13)19(25)23-22-18(24)12-26-17-9-8-15(21)11-16(17)20(2,3)4/h5-11H,12H2,1-4H3,(H,22,24)(H,23,25). The lowest BCUT2D eigenvalue weighted by atomic mass is 9.86. The Balaban J connectivity index is 1.92. The first-order valence-electron chi connectivity index (χ1n) is 8.25. The predicted octanol–water partition coefficient (Wildman–Crippen LogP) is 3.90. The first-order chi connectivity index (χ1) is 12.2. The highest BCUT2D eigenvalue weighted by atomic mass is 79.9. The summed E-state index contributed by atoms with van der Waals surface area (Å²) in [5.74, 6) is -0.171. The zero-order valence-electron chi connectivity index (χ0n) is 15.4. The van der Waals surface area contributed by atoms with Crippen LogP contribution in [-0.2, 0) is 10.2 Å². The highest BCUT2D eigenvalue weighted by Gasteiger charge is 2.20. The maximum atomic E-state index is 12.0. The summed E-state index contributed by atoms with van der Waals surface area (Å²) >= 11 is 3.45. The number of halogens is 1. The second kappa shape index (κ2) is 8.36. The average Bonchev–Trinajstić information content (AvgIpc) is 2.57. The van der Waals surface area contributed by atoms with Gasteiger partial charge in [0.15, 0.2) is 6.61 Å². The second-order valence-electron chi connectivity index (χ2n) is 7.05. The van der Waals surface area contributed by atoms with Gasteiger partial charge in [-0.05, 0) is 42.7 Å². The Labute approximate surface area is 162 Å². The van der Waals surface area contributed by atoms with Gasteiger partial charge in [-0.3, -0.25) is 20.4 Å². The molecule has 5 nitrogen and oxygen atoms in total. The normalized spacial score (nSPS) is 11.0. The van der Waals surface area contributed by atoms with Crippen molar-refractivity contribution in [3.05, 3.63) is 63.6 Å². The SMILES string of the molecule is Cc1cccc(C(=O)NNC(=O)COc2ccc(Br)cc2C(C)(C)C)c1. The van der Waals surface area contributed by atoms with E-state index >= 15 is 0 Å². The van der Waals surface area contributed by atoms with Crippen LogP contribution in [0.25, 0.3) is 0 Å². The summed E-state index contributed by atoms with van der Waals surface area (Å²) in [7, 11) is 0. The van der Waals surface area contributed by atoms with Crippen LogP contribution in [0.3, 0.4) is 0 Å². The number of nitrogens with one attached hydrogen (secondary N) is 2. The number of amides is 2. The van der Waals surface area contributed by atoms with Gasteiger partial charge in [-0.1, -0.05) is 54.4 Å². The monoisotopic (exact) mass is 418 g/mol. The van der Waals surface area contributed by atoms with E-state index in [9.17, 15) is 9.59 Å². The average molecular weight is 419 g/mol. The van der Waals surface area contributed by atoms with Crippen molar-refractivity contribution in [1.82, 2.24) is 10.9 Å². The fourth-order valence-electron chi connectivity index (χ4n) is 2.38. The van der Waals surface area contributed by atoms with Gasteiger partial charge >= 0.3 is 0 Å². The van der Waals surface area contributed by atoms with Crippen LogP contribution >= 0.6 is 15.9 Å². The molecule has 2 aromatic carbocycles. The van der Waals surface area contributed by atoms with Crippen LogP contribution in [0.4, 0.5) is 0 Å². The molecule has 0 aliphatic rings. The van der Waals surface area contributed by atoms with E-state index in [0.717, 1.165) is 15.6 Å². The molecular weight excluding hydrogens is 396 g/mol. The molecule has 2 rings (SSSR count). The van der Waals surface area contributed by atoms with Crippen molar-refractivity contribution in [2.75, 3.05) is 6.61 Å². The van der Waals surface area contributed by atoms with Crippen molar-refractivity contribution in [2.24, 2.45) is 0 Å². The van der Waals surface area contributed by atoms with Gasteiger partial charge in [0.25, 0.3) is 11.8 Å². The molecular formula is C20H23BrN2O3. The molecule has 2 N–H and O–H groups in total. The molecule has 0 bridgehead atoms. The minimum absolute atomic E-state index is 0.130. The van der Waals surface area contributed by atoms with E-state index in [1.807, 2.05) is 31.2 Å². The lowest BCUT2D eigenvalue weighted by Gasteiger charge is -2.23. The Morgan fingerprint density at radius 1 is 1.08 bits per heavy atom. The lowest BCUT2D eigenvalue weighted by molar-refractivity contribution is -0.123. The Morgan fingerprint density at radius 3 is 2.46 bits per heavy atom. The second-order valence-corrected chi connectivity index (χ2v) is 7.97. The van der Waals surface area contributed by atoms with Gasteiger partial charge < -0.3 is 4.74 Å². The first-order valence-corrected chi connectivity index (χ1v) is 9.05. The number of rotatable bonds is 4. The minimum atomic E-state index is -0.436. The van der Waals surface area contributed by atoms with Gasteiger partial charge in [0.2, 0.25) is 0 Å². The summed E-state index contributed by atoms with van der Waals surface area (Å²) in [6.07, 6.45) is 0. The number of hydrogen-bond donors (Lipinski definition) is 2. The predicted molar refractivity (Wildman–Crippen MR) is 105 cm³/mol. The van der Waals surface area contributed by atoms with Crippen LogP contribution in [0, 0.1) is 6.92 Å². The van der Waals surface area contributed by atoms with Gasteiger partial charge in [0.1, 0.15) is 5.75 Å². The molecule has 0 radical (unpaired) electrons. The van der Waals surface area contributed by atoms with Crippen LogP contribution in [0.2, 0.25) is 0 Å². The summed E-state index contributed by atoms with van der Waals surface area (Å²) in [6.45, 7) is 7.92. The van der Waals surface area contributed by atoms with Crippen LogP contribution in [0.5, 0.6) is 5.75 Å². The maximum absolute atomic E-state index is 12.0. The topological polar surface area (TPSA) is 67.4 Å². The summed E-state index contributed by atoms with van der Waals surface area (Å²) < 4.78 is 6.60. The molecule has 2 aromatic rings. The Bertz CT molecular complexity index is 813. The Morgan fingerprint density at radius 2 is 1.81 bits per heavy atom. The van der Waals surface area contributed by atoms with Crippen LogP contribution in [0.1, 0.15) is 42.3 Å². The quantitative estimate of drug-likeness (QED) is 0.739. The van der Waals surface area contributed by atoms with Crippen molar-refractivity contribution in [3.8, 4) is 5.75 Å². The van der Waals surface area contributed by atoms with E-state index in [0.29, 0.717) is 11.3 Å². The highest BCUT2D eigenvalue weighted by Crippen LogP contribution is 2.33. The molecule has 0 atom stereocenters. The molecule has 0 fully saturated rings. The van der Waals surface area contributed by atoms with Gasteiger partial charge in [-0.2, -0.15) is 0 Å². The summed E-state index contributed by atoms with van der Waals surface area (Å²) in [6, 6.07) is 12.8. The number of carbonyl (C=O) groups excluding carboxylic acids is 2. The van der Waals surface area contributed by atoms with Crippen molar-refractivity contribution in [1.29, 1.82) is 0 Å². The van der Waals surface area contributed by atoms with E-state index in [1.165, 1.54) is 0 Å². The summed E-state index contributed by atoms with van der Waals surface area (Å²) in [5, 5.41) is 0. The van der Waals surface area contributed by atoms with E-state index in [1.54, 1.807) is 18.2 Å². The molecule has 0 spiro atoms. The molecule has 0 unspecified atom stereocenters. The smallest absolute Gasteiger partial charge is 0.276 e. The van der Waals surface area contributed by atoms with Gasteiger partial charge in [-0.15, -0.1) is 0 Å². The Hall–Kier alpha value is -2.34. The third kappa shape index (κ3) is 5.59. The van der Waals surface area contributed by atoms with Crippen molar-refractivity contribution < 1.29 is 14.3 Å². The van der Waals surface area contributed by atoms with Gasteiger partial charge in [0, 0.05) is 15.6 Å². The maximum Gasteiger partial charge on any atom is 0.276 e. The van der Waals surface area contributed by atoms with E-state index in [4.69, 9.17) is 4.74 Å². The molecule has 0 aliphatic heterocycles. The molecule has 26 heavy (non-hydrogen) atoms. The zero-order valence-corrected chi connectivity index (χ0v) is 16.9. The molecule has 2 amide bonds. The van der Waals surface area contributed by atoms with Crippen molar-refractivity contribution in [3.63, 3.8) is 0 Å². The molecule has 0 aromatic heterocycles. The number of carbonyl (C=O) groups is 2. The number of hydrogen-bond acceptors (Lipinski definition) is 3. The number of hydrazine groups is 1. The van der Waals surface area contributed by atoms with Gasteiger partial charge in [-0.25, -0.2) is 0 Å². The van der Waals surface area contributed by atoms with Crippen molar-refractivity contribution in [2.45, 2.75) is 33.1 Å². The molecule has 0 saturated carbocycles. The lowest BCUT2D eigenvalue weighted by Crippen LogP contribution is -2.43. The van der Waals surface area contributed by atoms with Gasteiger partial charge in [0.05, 0.1) is 0 Å². The number of ether oxygens (including phenoxy) is 1. The highest BCUT2D eigenvalue weighted by molar-refractivity contribution is 9.10.